The summed E-state index contributed by atoms with van der Waals surface area (Å²) in [4.78, 5) is 17.1. The van der Waals surface area contributed by atoms with Crippen LogP contribution in [-0.4, -0.2) is 60.5 Å². The molecule has 2 fully saturated rings. The van der Waals surface area contributed by atoms with Gasteiger partial charge < -0.3 is 10.1 Å². The lowest BCUT2D eigenvalue weighted by Gasteiger charge is -2.39. The van der Waals surface area contributed by atoms with Gasteiger partial charge >= 0.3 is 0 Å². The Kier molecular flexibility index (Phi) is 13.1. The molecule has 0 aromatic heterocycles. The monoisotopic (exact) mass is 407 g/mol. The fourth-order valence-electron chi connectivity index (χ4n) is 5.21. The third-order valence-electron chi connectivity index (χ3n) is 7.03. The van der Waals surface area contributed by atoms with Gasteiger partial charge in [-0.1, -0.05) is 90.9 Å². The van der Waals surface area contributed by atoms with Crippen LogP contribution in [0.5, 0.6) is 0 Å². The predicted molar refractivity (Wildman–Crippen MR) is 124 cm³/mol. The van der Waals surface area contributed by atoms with E-state index in [-0.39, 0.29) is 6.17 Å². The lowest BCUT2D eigenvalue weighted by molar-refractivity contribution is -0.120. The fourth-order valence-corrected chi connectivity index (χ4v) is 5.21. The predicted octanol–water partition coefficient (Wildman–Crippen LogP) is 5.36. The fraction of sp³-hybridized carbons (Fsp3) is 0.960. The van der Waals surface area contributed by atoms with Gasteiger partial charge in [-0.05, 0) is 19.3 Å². The van der Waals surface area contributed by atoms with Crippen LogP contribution in [-0.2, 0) is 4.79 Å². The number of fused-ring (bicyclic) bond motifs is 2. The van der Waals surface area contributed by atoms with Gasteiger partial charge in [-0.2, -0.15) is 0 Å². The molecule has 2 rings (SSSR count). The molecule has 0 saturated carbocycles. The number of nitrogens with zero attached hydrogens (tertiary/aromatic N) is 2. The number of piperazine rings is 1. The van der Waals surface area contributed by atoms with Gasteiger partial charge in [0.1, 0.15) is 6.17 Å². The Morgan fingerprint density at radius 1 is 0.862 bits per heavy atom. The lowest BCUT2D eigenvalue weighted by Crippen LogP contribution is -2.56. The van der Waals surface area contributed by atoms with Gasteiger partial charge in [0.05, 0.1) is 0 Å². The smallest absolute Gasteiger partial charge is 0.151 e. The molecule has 1 N–H and O–H groups in total. The highest BCUT2D eigenvalue weighted by molar-refractivity contribution is 5.57. The van der Waals surface area contributed by atoms with Crippen molar-refractivity contribution in [3.8, 4) is 0 Å². The van der Waals surface area contributed by atoms with Crippen LogP contribution < -0.4 is 5.32 Å². The van der Waals surface area contributed by atoms with Crippen LogP contribution in [0.15, 0.2) is 0 Å². The van der Waals surface area contributed by atoms with E-state index in [0.717, 1.165) is 26.2 Å². The zero-order valence-electron chi connectivity index (χ0n) is 19.5. The molecule has 0 aliphatic carbocycles. The number of hydrogen-bond acceptors (Lipinski definition) is 4. The molecule has 0 aromatic carbocycles. The molecule has 4 nitrogen and oxygen atoms in total. The highest BCUT2D eigenvalue weighted by atomic mass is 16.1. The number of carbonyl (C=O) groups excluding carboxylic acids is 1. The summed E-state index contributed by atoms with van der Waals surface area (Å²) >= 11 is 0. The quantitative estimate of drug-likeness (QED) is 0.231. The SMILES string of the molecule is CCCCCCCCCN(CCCCCCCCC)C(C=O)N1CC2CC1CN2. The van der Waals surface area contributed by atoms with Crippen molar-refractivity contribution in [3.63, 3.8) is 0 Å². The first-order valence-electron chi connectivity index (χ1n) is 13.0. The van der Waals surface area contributed by atoms with E-state index in [4.69, 9.17) is 0 Å². The number of rotatable bonds is 19. The summed E-state index contributed by atoms with van der Waals surface area (Å²) in [6.45, 7) is 8.86. The molecule has 170 valence electrons. The summed E-state index contributed by atoms with van der Waals surface area (Å²) in [7, 11) is 0. The molecule has 29 heavy (non-hydrogen) atoms. The van der Waals surface area contributed by atoms with E-state index in [9.17, 15) is 4.79 Å². The number of unbranched alkanes of at least 4 members (excludes halogenated alkanes) is 12. The minimum Gasteiger partial charge on any atom is -0.311 e. The molecule has 0 amide bonds. The Labute approximate surface area is 181 Å². The lowest BCUT2D eigenvalue weighted by atomic mass is 10.1. The molecule has 2 aliphatic rings. The molecule has 2 aliphatic heterocycles. The molecular formula is C25H49N3O. The molecule has 0 aromatic rings. The third kappa shape index (κ3) is 9.06. The Balaban J connectivity index is 1.74. The van der Waals surface area contributed by atoms with Crippen LogP contribution in [0.3, 0.4) is 0 Å². The Hall–Kier alpha value is -0.450. The van der Waals surface area contributed by atoms with Crippen LogP contribution >= 0.6 is 0 Å². The second-order valence-corrected chi connectivity index (χ2v) is 9.52. The van der Waals surface area contributed by atoms with Gasteiger partial charge in [0.25, 0.3) is 0 Å². The van der Waals surface area contributed by atoms with Crippen molar-refractivity contribution in [2.45, 2.75) is 128 Å². The first-order chi connectivity index (χ1) is 14.3. The number of likely N-dealkylation sites (tertiary alicyclic amines) is 1. The molecule has 0 spiro atoms. The van der Waals surface area contributed by atoms with Gasteiger partial charge in [-0.15, -0.1) is 0 Å². The van der Waals surface area contributed by atoms with Crippen molar-refractivity contribution in [1.29, 1.82) is 0 Å². The summed E-state index contributed by atoms with van der Waals surface area (Å²) in [5, 5.41) is 3.58. The second kappa shape index (κ2) is 15.4. The zero-order chi connectivity index (χ0) is 20.7. The first-order valence-corrected chi connectivity index (χ1v) is 13.0. The van der Waals surface area contributed by atoms with E-state index in [2.05, 4.69) is 29.0 Å². The number of nitrogens with one attached hydrogen (secondary N) is 1. The maximum atomic E-state index is 12.1. The summed E-state index contributed by atoms with van der Waals surface area (Å²) in [6, 6.07) is 1.18. The van der Waals surface area contributed by atoms with Gasteiger partial charge in [0.2, 0.25) is 0 Å². The first kappa shape index (κ1) is 24.8. The van der Waals surface area contributed by atoms with Crippen LogP contribution in [0.4, 0.5) is 0 Å². The highest BCUT2D eigenvalue weighted by Gasteiger charge is 2.42. The Bertz CT molecular complexity index is 399. The van der Waals surface area contributed by atoms with Crippen LogP contribution in [0.1, 0.15) is 110 Å². The molecule has 2 bridgehead atoms. The maximum absolute atomic E-state index is 12.1. The summed E-state index contributed by atoms with van der Waals surface area (Å²) < 4.78 is 0. The standard InChI is InChI=1S/C25H49N3O/c1-3-5-7-9-11-13-15-17-27(18-16-14-12-10-8-6-4-2)25(22-29)28-21-23-19-24(28)20-26-23/h22-26H,3-21H2,1-2H3. The summed E-state index contributed by atoms with van der Waals surface area (Å²) in [5.41, 5.74) is 0. The summed E-state index contributed by atoms with van der Waals surface area (Å²) in [5.74, 6) is 0. The minimum atomic E-state index is 0.00674. The van der Waals surface area contributed by atoms with Crippen LogP contribution in [0, 0.1) is 0 Å². The van der Waals surface area contributed by atoms with Crippen LogP contribution in [0.2, 0.25) is 0 Å². The largest absolute Gasteiger partial charge is 0.311 e. The second-order valence-electron chi connectivity index (χ2n) is 9.52. The molecule has 0 radical (unpaired) electrons. The number of aldehydes is 1. The van der Waals surface area contributed by atoms with E-state index in [1.165, 1.54) is 103 Å². The number of carbonyl (C=O) groups is 1. The van der Waals surface area contributed by atoms with E-state index in [0.29, 0.717) is 12.1 Å². The average Bonchev–Trinajstić information content (AvgIpc) is 3.36. The molecule has 2 saturated heterocycles. The van der Waals surface area contributed by atoms with E-state index < -0.39 is 0 Å². The van der Waals surface area contributed by atoms with Gasteiger partial charge in [-0.3, -0.25) is 9.80 Å². The average molecular weight is 408 g/mol. The van der Waals surface area contributed by atoms with E-state index >= 15 is 0 Å². The van der Waals surface area contributed by atoms with Crippen molar-refractivity contribution in [2.24, 2.45) is 0 Å². The van der Waals surface area contributed by atoms with E-state index in [1.54, 1.807) is 0 Å². The molecule has 2 heterocycles. The van der Waals surface area contributed by atoms with Crippen molar-refractivity contribution >= 4 is 6.29 Å². The molecule has 3 atom stereocenters. The zero-order valence-corrected chi connectivity index (χ0v) is 19.5. The minimum absolute atomic E-state index is 0.00674. The van der Waals surface area contributed by atoms with Gasteiger partial charge in [0, 0.05) is 38.3 Å². The highest BCUT2D eigenvalue weighted by Crippen LogP contribution is 2.26. The number of hydrogen-bond donors (Lipinski definition) is 1. The van der Waals surface area contributed by atoms with Crippen molar-refractivity contribution in [3.05, 3.63) is 0 Å². The third-order valence-corrected chi connectivity index (χ3v) is 7.03. The Morgan fingerprint density at radius 3 is 1.79 bits per heavy atom. The van der Waals surface area contributed by atoms with Crippen molar-refractivity contribution < 1.29 is 4.79 Å². The van der Waals surface area contributed by atoms with Crippen LogP contribution in [0.25, 0.3) is 0 Å². The Morgan fingerprint density at radius 2 is 1.38 bits per heavy atom. The van der Waals surface area contributed by atoms with Crippen molar-refractivity contribution in [1.82, 2.24) is 15.1 Å². The molecular weight excluding hydrogens is 358 g/mol. The van der Waals surface area contributed by atoms with Gasteiger partial charge in [0.15, 0.2) is 6.29 Å². The van der Waals surface area contributed by atoms with Gasteiger partial charge in [-0.25, -0.2) is 0 Å². The molecule has 4 heteroatoms. The van der Waals surface area contributed by atoms with E-state index in [1.807, 2.05) is 0 Å². The maximum Gasteiger partial charge on any atom is 0.151 e. The topological polar surface area (TPSA) is 35.6 Å². The normalized spacial score (nSPS) is 22.6. The van der Waals surface area contributed by atoms with Crippen molar-refractivity contribution in [2.75, 3.05) is 26.2 Å². The molecule has 3 unspecified atom stereocenters. The summed E-state index contributed by atoms with van der Waals surface area (Å²) in [6.07, 6.45) is 21.2.